The zero-order valence-corrected chi connectivity index (χ0v) is 11.9. The van der Waals surface area contributed by atoms with E-state index >= 15 is 0 Å². The van der Waals surface area contributed by atoms with Crippen molar-refractivity contribution in [2.24, 2.45) is 0 Å². The van der Waals surface area contributed by atoms with E-state index in [1.165, 1.54) is 0 Å². The van der Waals surface area contributed by atoms with E-state index in [2.05, 4.69) is 17.6 Å². The highest BCUT2D eigenvalue weighted by Crippen LogP contribution is 2.15. The Bertz CT molecular complexity index is 579. The van der Waals surface area contributed by atoms with Crippen molar-refractivity contribution < 1.29 is 4.79 Å². The highest BCUT2D eigenvalue weighted by molar-refractivity contribution is 5.96. The average Bonchev–Trinajstić information content (AvgIpc) is 2.46. The van der Waals surface area contributed by atoms with Crippen LogP contribution in [0, 0.1) is 6.92 Å². The molecule has 0 saturated heterocycles. The van der Waals surface area contributed by atoms with Crippen molar-refractivity contribution in [3.8, 4) is 0 Å². The number of rotatable bonds is 5. The molecule has 0 saturated carbocycles. The molecule has 0 aliphatic carbocycles. The van der Waals surface area contributed by atoms with Gasteiger partial charge >= 0.3 is 0 Å². The van der Waals surface area contributed by atoms with Gasteiger partial charge in [-0.2, -0.15) is 0 Å². The number of aryl methyl sites for hydroxylation is 1. The summed E-state index contributed by atoms with van der Waals surface area (Å²) in [4.78, 5) is 12.2. The van der Waals surface area contributed by atoms with Gasteiger partial charge in [0.15, 0.2) is 0 Å². The maximum atomic E-state index is 12.2. The summed E-state index contributed by atoms with van der Waals surface area (Å²) in [6, 6.07) is 15.7. The van der Waals surface area contributed by atoms with E-state index in [0.29, 0.717) is 6.54 Å². The number of hydrogen-bond donors (Lipinski definition) is 2. The Kier molecular flexibility index (Phi) is 4.77. The summed E-state index contributed by atoms with van der Waals surface area (Å²) in [5.74, 6) is -0.0330. The van der Waals surface area contributed by atoms with Crippen LogP contribution in [0.4, 0.5) is 5.69 Å². The highest BCUT2D eigenvalue weighted by Gasteiger charge is 2.08. The number of amides is 1. The second kappa shape index (κ2) is 6.75. The third-order valence-corrected chi connectivity index (χ3v) is 3.15. The zero-order chi connectivity index (χ0) is 14.4. The van der Waals surface area contributed by atoms with Crippen LogP contribution in [-0.4, -0.2) is 12.5 Å². The molecule has 0 aliphatic rings. The van der Waals surface area contributed by atoms with E-state index in [9.17, 15) is 4.79 Å². The van der Waals surface area contributed by atoms with Gasteiger partial charge in [0.25, 0.3) is 5.91 Å². The summed E-state index contributed by atoms with van der Waals surface area (Å²) in [6.45, 7) is 5.43. The van der Waals surface area contributed by atoms with E-state index in [1.54, 1.807) is 0 Å². The van der Waals surface area contributed by atoms with Crippen LogP contribution in [0.15, 0.2) is 48.5 Å². The Morgan fingerprint density at radius 1 is 1.10 bits per heavy atom. The predicted octanol–water partition coefficient (Wildman–Crippen LogP) is 3.36. The SMILES string of the molecule is CCNc1ccc(C(=O)NCc2ccccc2)c(C)c1. The van der Waals surface area contributed by atoms with Crippen LogP contribution in [0.5, 0.6) is 0 Å². The standard InChI is InChI=1S/C17H20N2O/c1-3-18-15-9-10-16(13(2)11-15)17(20)19-12-14-7-5-4-6-8-14/h4-11,18H,3,12H2,1-2H3,(H,19,20). The Morgan fingerprint density at radius 3 is 2.50 bits per heavy atom. The third kappa shape index (κ3) is 3.60. The lowest BCUT2D eigenvalue weighted by molar-refractivity contribution is 0.0950. The first-order valence-corrected chi connectivity index (χ1v) is 6.87. The zero-order valence-electron chi connectivity index (χ0n) is 11.9. The van der Waals surface area contributed by atoms with Crippen LogP contribution in [0.1, 0.15) is 28.4 Å². The molecule has 0 spiro atoms. The van der Waals surface area contributed by atoms with E-state index < -0.39 is 0 Å². The number of nitrogens with one attached hydrogen (secondary N) is 2. The Hall–Kier alpha value is -2.29. The largest absolute Gasteiger partial charge is 0.385 e. The van der Waals surface area contributed by atoms with Crippen molar-refractivity contribution in [1.29, 1.82) is 0 Å². The van der Waals surface area contributed by atoms with E-state index in [4.69, 9.17) is 0 Å². The van der Waals surface area contributed by atoms with Crippen molar-refractivity contribution in [2.45, 2.75) is 20.4 Å². The van der Waals surface area contributed by atoms with Crippen LogP contribution in [0.3, 0.4) is 0 Å². The quantitative estimate of drug-likeness (QED) is 0.873. The maximum Gasteiger partial charge on any atom is 0.251 e. The van der Waals surface area contributed by atoms with Crippen LogP contribution in [-0.2, 0) is 6.54 Å². The van der Waals surface area contributed by atoms with Crippen molar-refractivity contribution in [3.05, 3.63) is 65.2 Å². The number of hydrogen-bond acceptors (Lipinski definition) is 2. The smallest absolute Gasteiger partial charge is 0.251 e. The second-order valence-electron chi connectivity index (χ2n) is 4.73. The van der Waals surface area contributed by atoms with Gasteiger partial charge in [0.2, 0.25) is 0 Å². The average molecular weight is 268 g/mol. The van der Waals surface area contributed by atoms with Crippen molar-refractivity contribution in [1.82, 2.24) is 5.32 Å². The summed E-state index contributed by atoms with van der Waals surface area (Å²) in [6.07, 6.45) is 0. The summed E-state index contributed by atoms with van der Waals surface area (Å²) in [5, 5.41) is 6.19. The van der Waals surface area contributed by atoms with Gasteiger partial charge in [0.05, 0.1) is 0 Å². The summed E-state index contributed by atoms with van der Waals surface area (Å²) >= 11 is 0. The van der Waals surface area contributed by atoms with Crippen LogP contribution >= 0.6 is 0 Å². The minimum atomic E-state index is -0.0330. The molecule has 2 aromatic rings. The molecule has 2 rings (SSSR count). The Balaban J connectivity index is 2.02. The molecule has 2 aromatic carbocycles. The van der Waals surface area contributed by atoms with Gasteiger partial charge in [-0.1, -0.05) is 30.3 Å². The minimum Gasteiger partial charge on any atom is -0.385 e. The fourth-order valence-electron chi connectivity index (χ4n) is 2.11. The van der Waals surface area contributed by atoms with Crippen LogP contribution in [0.25, 0.3) is 0 Å². The number of carbonyl (C=O) groups is 1. The molecule has 3 heteroatoms. The molecule has 1 amide bonds. The molecule has 2 N–H and O–H groups in total. The summed E-state index contributed by atoms with van der Waals surface area (Å²) in [7, 11) is 0. The van der Waals surface area contributed by atoms with Crippen LogP contribution < -0.4 is 10.6 Å². The Labute approximate surface area is 120 Å². The van der Waals surface area contributed by atoms with Gasteiger partial charge in [0, 0.05) is 24.3 Å². The van der Waals surface area contributed by atoms with E-state index in [1.807, 2.05) is 55.5 Å². The molecular formula is C17H20N2O. The molecule has 0 aliphatic heterocycles. The molecule has 3 nitrogen and oxygen atoms in total. The molecule has 0 fully saturated rings. The van der Waals surface area contributed by atoms with Gasteiger partial charge in [-0.15, -0.1) is 0 Å². The molecule has 104 valence electrons. The monoisotopic (exact) mass is 268 g/mol. The summed E-state index contributed by atoms with van der Waals surface area (Å²) in [5.41, 5.74) is 3.85. The molecular weight excluding hydrogens is 248 g/mol. The lowest BCUT2D eigenvalue weighted by Gasteiger charge is -2.10. The minimum absolute atomic E-state index is 0.0330. The Morgan fingerprint density at radius 2 is 1.85 bits per heavy atom. The summed E-state index contributed by atoms with van der Waals surface area (Å²) < 4.78 is 0. The van der Waals surface area contributed by atoms with Crippen molar-refractivity contribution in [2.75, 3.05) is 11.9 Å². The molecule has 0 atom stereocenters. The van der Waals surface area contributed by atoms with E-state index in [0.717, 1.165) is 28.9 Å². The second-order valence-corrected chi connectivity index (χ2v) is 4.73. The van der Waals surface area contributed by atoms with E-state index in [-0.39, 0.29) is 5.91 Å². The van der Waals surface area contributed by atoms with Crippen molar-refractivity contribution >= 4 is 11.6 Å². The first-order valence-electron chi connectivity index (χ1n) is 6.87. The topological polar surface area (TPSA) is 41.1 Å². The molecule has 0 bridgehead atoms. The fraction of sp³-hybridized carbons (Fsp3) is 0.235. The predicted molar refractivity (Wildman–Crippen MR) is 83.0 cm³/mol. The third-order valence-electron chi connectivity index (χ3n) is 3.15. The molecule has 0 unspecified atom stereocenters. The lowest BCUT2D eigenvalue weighted by atomic mass is 10.1. The number of carbonyl (C=O) groups excluding carboxylic acids is 1. The van der Waals surface area contributed by atoms with Gasteiger partial charge in [-0.05, 0) is 43.2 Å². The van der Waals surface area contributed by atoms with Gasteiger partial charge < -0.3 is 10.6 Å². The van der Waals surface area contributed by atoms with Crippen molar-refractivity contribution in [3.63, 3.8) is 0 Å². The number of benzene rings is 2. The van der Waals surface area contributed by atoms with Gasteiger partial charge in [-0.25, -0.2) is 0 Å². The molecule has 0 aromatic heterocycles. The normalized spacial score (nSPS) is 10.1. The first kappa shape index (κ1) is 14.1. The molecule has 0 heterocycles. The van der Waals surface area contributed by atoms with Crippen LogP contribution in [0.2, 0.25) is 0 Å². The lowest BCUT2D eigenvalue weighted by Crippen LogP contribution is -2.23. The molecule has 0 radical (unpaired) electrons. The first-order chi connectivity index (χ1) is 9.70. The fourth-order valence-corrected chi connectivity index (χ4v) is 2.11. The van der Waals surface area contributed by atoms with Gasteiger partial charge in [-0.3, -0.25) is 4.79 Å². The maximum absolute atomic E-state index is 12.2. The molecule has 20 heavy (non-hydrogen) atoms. The van der Waals surface area contributed by atoms with Gasteiger partial charge in [0.1, 0.15) is 0 Å². The number of anilines is 1. The highest BCUT2D eigenvalue weighted by atomic mass is 16.1.